The van der Waals surface area contributed by atoms with Gasteiger partial charge in [0.25, 0.3) is 0 Å². The van der Waals surface area contributed by atoms with Crippen molar-refractivity contribution in [3.05, 3.63) is 60.2 Å². The molecule has 2 amide bonds. The Hall–Kier alpha value is -3.07. The van der Waals surface area contributed by atoms with Gasteiger partial charge < -0.3 is 15.0 Å². The van der Waals surface area contributed by atoms with Gasteiger partial charge in [0, 0.05) is 13.1 Å². The summed E-state index contributed by atoms with van der Waals surface area (Å²) in [4.78, 5) is 28.2. The second-order valence-electron chi connectivity index (χ2n) is 8.56. The van der Waals surface area contributed by atoms with E-state index in [4.69, 9.17) is 4.74 Å². The molecular formula is C27H39N3O5S. The number of para-hydroxylation sites is 2. The first-order valence-electron chi connectivity index (χ1n) is 12.5. The van der Waals surface area contributed by atoms with Gasteiger partial charge in [-0.15, -0.1) is 0 Å². The van der Waals surface area contributed by atoms with Gasteiger partial charge in [-0.3, -0.25) is 13.9 Å². The van der Waals surface area contributed by atoms with Crippen molar-refractivity contribution in [3.63, 3.8) is 0 Å². The van der Waals surface area contributed by atoms with Crippen molar-refractivity contribution in [2.24, 2.45) is 0 Å². The SMILES string of the molecule is CCCCNC(=O)C(CC)N(CCc1ccccc1)C(=O)CN(c1ccccc1OCC)S(C)(=O)=O. The fourth-order valence-corrected chi connectivity index (χ4v) is 4.79. The van der Waals surface area contributed by atoms with Crippen LogP contribution in [0.15, 0.2) is 54.6 Å². The summed E-state index contributed by atoms with van der Waals surface area (Å²) in [6.07, 6.45) is 3.80. The second-order valence-corrected chi connectivity index (χ2v) is 10.5. The number of hydrogen-bond acceptors (Lipinski definition) is 5. The van der Waals surface area contributed by atoms with Crippen LogP contribution in [0.4, 0.5) is 5.69 Å². The van der Waals surface area contributed by atoms with Crippen LogP contribution >= 0.6 is 0 Å². The maximum atomic E-state index is 13.7. The number of nitrogens with one attached hydrogen (secondary N) is 1. The molecule has 0 saturated heterocycles. The zero-order chi connectivity index (χ0) is 26.6. The van der Waals surface area contributed by atoms with Gasteiger partial charge in [-0.1, -0.05) is 62.7 Å². The van der Waals surface area contributed by atoms with Crippen molar-refractivity contribution in [2.75, 3.05) is 36.8 Å². The Morgan fingerprint density at radius 1 is 1.00 bits per heavy atom. The molecule has 8 nitrogen and oxygen atoms in total. The number of unbranched alkanes of at least 4 members (excludes halogenated alkanes) is 1. The number of carbonyl (C=O) groups is 2. The summed E-state index contributed by atoms with van der Waals surface area (Å²) in [6.45, 7) is 6.43. The standard InChI is InChI=1S/C27H39N3O5S/c1-5-8-19-28-27(32)23(6-2)29(20-18-22-14-10-9-11-15-22)26(31)21-30(36(4,33)34)24-16-12-13-17-25(24)35-7-3/h9-17,23H,5-8,18-21H2,1-4H3,(H,28,32). The van der Waals surface area contributed by atoms with E-state index in [0.717, 1.165) is 29.0 Å². The third-order valence-electron chi connectivity index (χ3n) is 5.81. The van der Waals surface area contributed by atoms with Crippen LogP contribution in [0.5, 0.6) is 5.75 Å². The summed E-state index contributed by atoms with van der Waals surface area (Å²) in [7, 11) is -3.82. The molecule has 9 heteroatoms. The lowest BCUT2D eigenvalue weighted by molar-refractivity contribution is -0.139. The van der Waals surface area contributed by atoms with Crippen molar-refractivity contribution in [3.8, 4) is 5.75 Å². The fourth-order valence-electron chi connectivity index (χ4n) is 3.94. The molecule has 1 N–H and O–H groups in total. The monoisotopic (exact) mass is 517 g/mol. The third kappa shape index (κ3) is 8.55. The average Bonchev–Trinajstić information content (AvgIpc) is 2.85. The van der Waals surface area contributed by atoms with Gasteiger partial charge in [-0.25, -0.2) is 8.42 Å². The Morgan fingerprint density at radius 3 is 2.28 bits per heavy atom. The first-order valence-corrected chi connectivity index (χ1v) is 14.4. The molecule has 0 aliphatic rings. The minimum atomic E-state index is -3.82. The van der Waals surface area contributed by atoms with Crippen molar-refractivity contribution in [1.82, 2.24) is 10.2 Å². The van der Waals surface area contributed by atoms with Crippen LogP contribution < -0.4 is 14.4 Å². The highest BCUT2D eigenvalue weighted by Crippen LogP contribution is 2.30. The number of anilines is 1. The lowest BCUT2D eigenvalue weighted by atomic mass is 10.1. The maximum absolute atomic E-state index is 13.7. The van der Waals surface area contributed by atoms with Crippen LogP contribution in [0, 0.1) is 0 Å². The topological polar surface area (TPSA) is 96.0 Å². The minimum Gasteiger partial charge on any atom is -0.492 e. The van der Waals surface area contributed by atoms with Crippen LogP contribution in [-0.4, -0.2) is 63.7 Å². The Kier molecular flexibility index (Phi) is 11.7. The van der Waals surface area contributed by atoms with E-state index in [9.17, 15) is 18.0 Å². The number of ether oxygens (including phenoxy) is 1. The van der Waals surface area contributed by atoms with Gasteiger partial charge in [-0.05, 0) is 43.9 Å². The molecule has 198 valence electrons. The van der Waals surface area contributed by atoms with Crippen molar-refractivity contribution in [2.45, 2.75) is 52.5 Å². The van der Waals surface area contributed by atoms with E-state index in [-0.39, 0.29) is 12.5 Å². The molecule has 2 aromatic rings. The summed E-state index contributed by atoms with van der Waals surface area (Å²) in [6, 6.07) is 15.7. The smallest absolute Gasteiger partial charge is 0.244 e. The van der Waals surface area contributed by atoms with E-state index in [0.29, 0.717) is 37.4 Å². The zero-order valence-corrected chi connectivity index (χ0v) is 22.6. The number of carbonyl (C=O) groups excluding carboxylic acids is 2. The molecule has 0 bridgehead atoms. The first kappa shape index (κ1) is 29.2. The Morgan fingerprint density at radius 2 is 1.67 bits per heavy atom. The Bertz CT molecular complexity index is 1080. The van der Waals surface area contributed by atoms with E-state index in [1.54, 1.807) is 31.2 Å². The number of nitrogens with zero attached hydrogens (tertiary/aromatic N) is 2. The summed E-state index contributed by atoms with van der Waals surface area (Å²) in [5.74, 6) is -0.299. The molecule has 0 aliphatic heterocycles. The van der Waals surface area contributed by atoms with Gasteiger partial charge in [0.2, 0.25) is 21.8 Å². The summed E-state index contributed by atoms with van der Waals surface area (Å²) >= 11 is 0. The highest BCUT2D eigenvalue weighted by Gasteiger charge is 2.32. The number of amides is 2. The molecule has 36 heavy (non-hydrogen) atoms. The number of benzene rings is 2. The quantitative estimate of drug-likeness (QED) is 0.364. The molecule has 2 aromatic carbocycles. The van der Waals surface area contributed by atoms with Crippen LogP contribution in [0.3, 0.4) is 0 Å². The van der Waals surface area contributed by atoms with Crippen LogP contribution in [0.25, 0.3) is 0 Å². The number of sulfonamides is 1. The molecule has 2 rings (SSSR count). The highest BCUT2D eigenvalue weighted by molar-refractivity contribution is 7.92. The minimum absolute atomic E-state index is 0.229. The van der Waals surface area contributed by atoms with Gasteiger partial charge in [0.1, 0.15) is 18.3 Å². The van der Waals surface area contributed by atoms with Crippen molar-refractivity contribution in [1.29, 1.82) is 0 Å². The van der Waals surface area contributed by atoms with Crippen LogP contribution in [0.1, 0.15) is 45.6 Å². The highest BCUT2D eigenvalue weighted by atomic mass is 32.2. The average molecular weight is 518 g/mol. The molecule has 1 atom stereocenters. The first-order chi connectivity index (χ1) is 17.2. The molecule has 1 unspecified atom stereocenters. The summed E-state index contributed by atoms with van der Waals surface area (Å²) in [5, 5.41) is 2.92. The lowest BCUT2D eigenvalue weighted by Crippen LogP contribution is -2.53. The van der Waals surface area contributed by atoms with Gasteiger partial charge >= 0.3 is 0 Å². The van der Waals surface area contributed by atoms with Crippen molar-refractivity contribution >= 4 is 27.5 Å². The second kappa shape index (κ2) is 14.5. The molecule has 0 aromatic heterocycles. The normalized spacial score (nSPS) is 12.0. The predicted octanol–water partition coefficient (Wildman–Crippen LogP) is 3.62. The molecule has 0 fully saturated rings. The number of rotatable bonds is 15. The predicted molar refractivity (Wildman–Crippen MR) is 144 cm³/mol. The summed E-state index contributed by atoms with van der Waals surface area (Å²) < 4.78 is 32.3. The number of hydrogen-bond donors (Lipinski definition) is 1. The molecular weight excluding hydrogens is 478 g/mol. The van der Waals surface area contributed by atoms with Gasteiger partial charge in [0.05, 0.1) is 18.6 Å². The lowest BCUT2D eigenvalue weighted by Gasteiger charge is -2.33. The van der Waals surface area contributed by atoms with Gasteiger partial charge in [-0.2, -0.15) is 0 Å². The maximum Gasteiger partial charge on any atom is 0.244 e. The molecule has 0 saturated carbocycles. The van der Waals surface area contributed by atoms with Crippen molar-refractivity contribution < 1.29 is 22.7 Å². The van der Waals surface area contributed by atoms with E-state index < -0.39 is 28.5 Å². The third-order valence-corrected chi connectivity index (χ3v) is 6.94. The van der Waals surface area contributed by atoms with E-state index >= 15 is 0 Å². The molecule has 0 heterocycles. The van der Waals surface area contributed by atoms with Crippen LogP contribution in [-0.2, 0) is 26.0 Å². The Balaban J connectivity index is 2.37. The van der Waals surface area contributed by atoms with E-state index in [2.05, 4.69) is 5.32 Å². The molecule has 0 aliphatic carbocycles. The van der Waals surface area contributed by atoms with E-state index in [1.807, 2.05) is 44.2 Å². The fraction of sp³-hybridized carbons (Fsp3) is 0.481. The molecule has 0 radical (unpaired) electrons. The molecule has 0 spiro atoms. The largest absolute Gasteiger partial charge is 0.492 e. The Labute approximate surface area is 215 Å². The summed E-state index contributed by atoms with van der Waals surface area (Å²) in [5.41, 5.74) is 1.32. The van der Waals surface area contributed by atoms with Gasteiger partial charge in [0.15, 0.2) is 0 Å². The zero-order valence-electron chi connectivity index (χ0n) is 21.8. The van der Waals surface area contributed by atoms with E-state index in [1.165, 1.54) is 4.90 Å². The van der Waals surface area contributed by atoms with Crippen LogP contribution in [0.2, 0.25) is 0 Å².